The molecule has 4 heterocycles. The minimum atomic E-state index is -0.0523. The molecule has 0 saturated heterocycles. The van der Waals surface area contributed by atoms with E-state index in [-0.39, 0.29) is 10.8 Å². The first-order chi connectivity index (χ1) is 29.5. The highest BCUT2D eigenvalue weighted by atomic mass is 16.5. The van der Waals surface area contributed by atoms with Crippen molar-refractivity contribution in [1.82, 2.24) is 14.5 Å². The van der Waals surface area contributed by atoms with E-state index >= 15 is 0 Å². The van der Waals surface area contributed by atoms with Crippen molar-refractivity contribution < 1.29 is 4.74 Å². The molecule has 0 N–H and O–H groups in total. The van der Waals surface area contributed by atoms with Gasteiger partial charge in [0.05, 0.1) is 28.1 Å². The Morgan fingerprint density at radius 1 is 0.492 bits per heavy atom. The Morgan fingerprint density at radius 2 is 1.08 bits per heavy atom. The molecule has 1 aliphatic heterocycles. The summed E-state index contributed by atoms with van der Waals surface area (Å²) in [5.74, 6) is 2.11. The zero-order valence-corrected chi connectivity index (χ0v) is 35.6. The second kappa shape index (κ2) is 14.8. The maximum absolute atomic E-state index is 6.66. The monoisotopic (exact) mass is 795 g/mol. The SMILES string of the molecule is CC(C)(C)c1ccnc(-n2c3ccccc3c3ccc(Oc4cc(N5CN(c6c(-c7ccccc7)cc(C(C)(C)C)cc6-c6ccccc6)c6ccccc65)ccn4)cc32)c1. The second-order valence-electron chi connectivity index (χ2n) is 18.0. The van der Waals surface area contributed by atoms with Crippen LogP contribution < -0.4 is 14.5 Å². The van der Waals surface area contributed by atoms with Crippen molar-refractivity contribution in [3.8, 4) is 39.7 Å². The van der Waals surface area contributed by atoms with Crippen molar-refractivity contribution in [2.75, 3.05) is 16.5 Å². The highest BCUT2D eigenvalue weighted by molar-refractivity contribution is 6.09. The van der Waals surface area contributed by atoms with E-state index in [1.165, 1.54) is 44.5 Å². The summed E-state index contributed by atoms with van der Waals surface area (Å²) in [7, 11) is 0. The van der Waals surface area contributed by atoms with Crippen LogP contribution in [0.4, 0.5) is 22.7 Å². The summed E-state index contributed by atoms with van der Waals surface area (Å²) >= 11 is 0. The molecule has 6 nitrogen and oxygen atoms in total. The van der Waals surface area contributed by atoms with Crippen LogP contribution in [0.1, 0.15) is 52.7 Å². The number of rotatable bonds is 7. The van der Waals surface area contributed by atoms with Gasteiger partial charge in [-0.2, -0.15) is 0 Å². The second-order valence-corrected chi connectivity index (χ2v) is 18.0. The maximum atomic E-state index is 6.66. The Bertz CT molecular complexity index is 3000. The van der Waals surface area contributed by atoms with Crippen LogP contribution in [0.5, 0.6) is 11.6 Å². The quantitative estimate of drug-likeness (QED) is 0.161. The zero-order chi connectivity index (χ0) is 41.9. The van der Waals surface area contributed by atoms with E-state index in [1.54, 1.807) is 0 Å². The van der Waals surface area contributed by atoms with Crippen LogP contribution in [-0.4, -0.2) is 21.2 Å². The third-order valence-electron chi connectivity index (χ3n) is 11.9. The summed E-state index contributed by atoms with van der Waals surface area (Å²) in [6, 6.07) is 58.3. The van der Waals surface area contributed by atoms with Gasteiger partial charge in [-0.05, 0) is 93.7 Å². The molecule has 0 atom stereocenters. The van der Waals surface area contributed by atoms with Gasteiger partial charge in [0, 0.05) is 52.1 Å². The van der Waals surface area contributed by atoms with Crippen molar-refractivity contribution in [2.45, 2.75) is 52.4 Å². The predicted molar refractivity (Wildman–Crippen MR) is 253 cm³/mol. The number of ether oxygens (including phenoxy) is 1. The lowest BCUT2D eigenvalue weighted by Crippen LogP contribution is -2.25. The van der Waals surface area contributed by atoms with Gasteiger partial charge in [0.25, 0.3) is 0 Å². The number of hydrogen-bond acceptors (Lipinski definition) is 5. The average molecular weight is 796 g/mol. The molecule has 61 heavy (non-hydrogen) atoms. The van der Waals surface area contributed by atoms with Crippen LogP contribution in [-0.2, 0) is 10.8 Å². The van der Waals surface area contributed by atoms with Crippen LogP contribution in [0.15, 0.2) is 176 Å². The molecule has 0 saturated carbocycles. The summed E-state index contributed by atoms with van der Waals surface area (Å²) in [6.07, 6.45) is 3.76. The van der Waals surface area contributed by atoms with Gasteiger partial charge >= 0.3 is 0 Å². The molecule has 9 aromatic rings. The first-order valence-corrected chi connectivity index (χ1v) is 21.1. The lowest BCUT2D eigenvalue weighted by Gasteiger charge is -2.30. The van der Waals surface area contributed by atoms with Gasteiger partial charge in [-0.1, -0.05) is 133 Å². The lowest BCUT2D eigenvalue weighted by atomic mass is 9.82. The van der Waals surface area contributed by atoms with Crippen LogP contribution in [0.2, 0.25) is 0 Å². The van der Waals surface area contributed by atoms with Gasteiger partial charge in [-0.25, -0.2) is 9.97 Å². The highest BCUT2D eigenvalue weighted by Crippen LogP contribution is 2.51. The van der Waals surface area contributed by atoms with Crippen LogP contribution in [0.3, 0.4) is 0 Å². The summed E-state index contributed by atoms with van der Waals surface area (Å²) in [4.78, 5) is 14.4. The standard InChI is InChI=1S/C55H49N5O/c1-54(2,3)39-27-29-56-51(33-39)60-47-22-14-13-21-43(47)44-26-25-42(35-50(44)60)61-52-34-41(28-30-57-52)58-36-59(49-24-16-15-23-48(49)58)53-45(37-17-9-7-10-18-37)31-40(55(4,5)6)32-46(53)38-19-11-8-12-20-38/h7-35H,36H2,1-6H3. The number of para-hydroxylation sites is 3. The van der Waals surface area contributed by atoms with Gasteiger partial charge in [0.2, 0.25) is 5.88 Å². The molecule has 0 fully saturated rings. The first-order valence-electron chi connectivity index (χ1n) is 21.1. The zero-order valence-electron chi connectivity index (χ0n) is 35.6. The van der Waals surface area contributed by atoms with Crippen LogP contribution in [0, 0.1) is 0 Å². The molecule has 6 heteroatoms. The fourth-order valence-corrected chi connectivity index (χ4v) is 8.67. The molecule has 0 amide bonds. The summed E-state index contributed by atoms with van der Waals surface area (Å²) < 4.78 is 8.91. The van der Waals surface area contributed by atoms with E-state index in [9.17, 15) is 0 Å². The Labute approximate surface area is 358 Å². The molecule has 6 aromatic carbocycles. The molecule has 0 unspecified atom stereocenters. The van der Waals surface area contributed by atoms with E-state index in [2.05, 4.69) is 208 Å². The van der Waals surface area contributed by atoms with E-state index in [1.807, 2.05) is 24.5 Å². The number of benzene rings is 6. The highest BCUT2D eigenvalue weighted by Gasteiger charge is 2.33. The number of hydrogen-bond donors (Lipinski definition) is 0. The molecule has 300 valence electrons. The maximum Gasteiger partial charge on any atom is 0.221 e. The number of pyridine rings is 2. The van der Waals surface area contributed by atoms with Gasteiger partial charge in [-0.15, -0.1) is 0 Å². The van der Waals surface area contributed by atoms with Gasteiger partial charge in [-0.3, -0.25) is 4.57 Å². The Balaban J connectivity index is 1.05. The smallest absolute Gasteiger partial charge is 0.221 e. The van der Waals surface area contributed by atoms with Crippen molar-refractivity contribution in [2.24, 2.45) is 0 Å². The third kappa shape index (κ3) is 6.98. The third-order valence-corrected chi connectivity index (χ3v) is 11.9. The number of anilines is 4. The number of aromatic nitrogens is 3. The molecule has 3 aromatic heterocycles. The largest absolute Gasteiger partial charge is 0.439 e. The number of fused-ring (bicyclic) bond motifs is 4. The topological polar surface area (TPSA) is 46.4 Å². The predicted octanol–water partition coefficient (Wildman–Crippen LogP) is 14.5. The molecular weight excluding hydrogens is 747 g/mol. The molecule has 0 radical (unpaired) electrons. The van der Waals surface area contributed by atoms with Gasteiger partial charge < -0.3 is 14.5 Å². The lowest BCUT2D eigenvalue weighted by molar-refractivity contribution is 0.463. The van der Waals surface area contributed by atoms with Crippen molar-refractivity contribution in [3.05, 3.63) is 187 Å². The van der Waals surface area contributed by atoms with Crippen LogP contribution in [0.25, 0.3) is 49.9 Å². The van der Waals surface area contributed by atoms with E-state index in [0.29, 0.717) is 18.3 Å². The summed E-state index contributed by atoms with van der Waals surface area (Å²) in [5, 5.41) is 2.31. The van der Waals surface area contributed by atoms with Crippen molar-refractivity contribution in [1.29, 1.82) is 0 Å². The molecule has 0 aliphatic carbocycles. The Hall–Kier alpha value is -7.18. The number of nitrogens with zero attached hydrogens (tertiary/aromatic N) is 5. The van der Waals surface area contributed by atoms with E-state index < -0.39 is 0 Å². The summed E-state index contributed by atoms with van der Waals surface area (Å²) in [6.45, 7) is 14.2. The van der Waals surface area contributed by atoms with E-state index in [4.69, 9.17) is 14.7 Å². The normalized spacial score (nSPS) is 13.0. The molecule has 10 rings (SSSR count). The van der Waals surface area contributed by atoms with Gasteiger partial charge in [0.15, 0.2) is 0 Å². The van der Waals surface area contributed by atoms with E-state index in [0.717, 1.165) is 39.3 Å². The fourth-order valence-electron chi connectivity index (χ4n) is 8.67. The molecular formula is C55H49N5O. The minimum Gasteiger partial charge on any atom is -0.439 e. The Kier molecular flexibility index (Phi) is 9.25. The Morgan fingerprint density at radius 3 is 1.75 bits per heavy atom. The first kappa shape index (κ1) is 38.0. The molecule has 0 bridgehead atoms. The van der Waals surface area contributed by atoms with Crippen molar-refractivity contribution in [3.63, 3.8) is 0 Å². The van der Waals surface area contributed by atoms with Gasteiger partial charge in [0.1, 0.15) is 18.2 Å². The van der Waals surface area contributed by atoms with Crippen LogP contribution >= 0.6 is 0 Å². The fraction of sp³-hybridized carbons (Fsp3) is 0.164. The molecule has 1 aliphatic rings. The molecule has 0 spiro atoms. The average Bonchev–Trinajstić information content (AvgIpc) is 3.82. The minimum absolute atomic E-state index is 0.0143. The van der Waals surface area contributed by atoms with Crippen molar-refractivity contribution >= 4 is 44.6 Å². The summed E-state index contributed by atoms with van der Waals surface area (Å²) in [5.41, 5.74) is 13.8.